The molecule has 0 saturated carbocycles. The number of hydrogen-bond acceptors (Lipinski definition) is 8. The third kappa shape index (κ3) is 5.69. The highest BCUT2D eigenvalue weighted by Crippen LogP contribution is 2.34. The monoisotopic (exact) mass is 370 g/mol. The van der Waals surface area contributed by atoms with Crippen molar-refractivity contribution in [3.05, 3.63) is 29.8 Å². The zero-order valence-electron chi connectivity index (χ0n) is 15.3. The first kappa shape index (κ1) is 21.9. The summed E-state index contributed by atoms with van der Waals surface area (Å²) in [7, 11) is 0. The number of phenols is 1. The van der Waals surface area contributed by atoms with Crippen LogP contribution in [0, 0.1) is 0 Å². The number of hydrogen-bond donors (Lipinski definition) is 3. The molecule has 0 bridgehead atoms. The van der Waals surface area contributed by atoms with Gasteiger partial charge in [-0.15, -0.1) is 0 Å². The second kappa shape index (κ2) is 10.1. The molecule has 1 aromatic carbocycles. The maximum Gasteiger partial charge on any atom is 0.303 e. The van der Waals surface area contributed by atoms with Crippen LogP contribution < -0.4 is 0 Å². The molecule has 1 aliphatic rings. The summed E-state index contributed by atoms with van der Waals surface area (Å²) in [6.45, 7) is 6.11. The van der Waals surface area contributed by atoms with Crippen molar-refractivity contribution in [2.75, 3.05) is 6.61 Å². The van der Waals surface area contributed by atoms with E-state index in [9.17, 15) is 24.9 Å². The maximum atomic E-state index is 11.2. The number of phenolic OH excluding ortho intramolecular Hbond substituents is 1. The minimum Gasteiger partial charge on any atom is -0.508 e. The number of aliphatic hydroxyl groups excluding tert-OH is 2. The van der Waals surface area contributed by atoms with Crippen LogP contribution in [0.3, 0.4) is 0 Å². The molecule has 8 heteroatoms. The SMILES string of the molecule is CC.CC(=O)OCC1O[C@H](c2cccc(O)c2)C(O)C(O)[C@@H]1OC(C)=O. The van der Waals surface area contributed by atoms with Gasteiger partial charge in [0.05, 0.1) is 0 Å². The van der Waals surface area contributed by atoms with Crippen molar-refractivity contribution in [3.63, 3.8) is 0 Å². The Hall–Kier alpha value is -2.16. The quantitative estimate of drug-likeness (QED) is 0.673. The summed E-state index contributed by atoms with van der Waals surface area (Å²) in [6.07, 6.45) is -5.99. The second-order valence-corrected chi connectivity index (χ2v) is 5.55. The molecule has 1 heterocycles. The third-order valence-electron chi connectivity index (χ3n) is 3.64. The van der Waals surface area contributed by atoms with Crippen molar-refractivity contribution in [3.8, 4) is 5.75 Å². The number of rotatable bonds is 4. The van der Waals surface area contributed by atoms with Crippen molar-refractivity contribution in [1.29, 1.82) is 0 Å². The number of aromatic hydroxyl groups is 1. The topological polar surface area (TPSA) is 123 Å². The number of ether oxygens (including phenoxy) is 3. The van der Waals surface area contributed by atoms with Crippen LogP contribution in [0.15, 0.2) is 24.3 Å². The van der Waals surface area contributed by atoms with Crippen LogP contribution in [-0.4, -0.2) is 58.3 Å². The summed E-state index contributed by atoms with van der Waals surface area (Å²) in [4.78, 5) is 22.3. The van der Waals surface area contributed by atoms with Crippen molar-refractivity contribution in [2.45, 2.75) is 58.2 Å². The van der Waals surface area contributed by atoms with Gasteiger partial charge in [-0.05, 0) is 17.7 Å². The summed E-state index contributed by atoms with van der Waals surface area (Å²) in [5.74, 6) is -1.26. The molecular weight excluding hydrogens is 344 g/mol. The zero-order chi connectivity index (χ0) is 19.9. The van der Waals surface area contributed by atoms with E-state index in [1.54, 1.807) is 12.1 Å². The Morgan fingerprint density at radius 1 is 1.12 bits per heavy atom. The molecule has 3 unspecified atom stereocenters. The molecule has 5 atom stereocenters. The fourth-order valence-electron chi connectivity index (χ4n) is 2.59. The Bertz CT molecular complexity index is 603. The molecule has 1 saturated heterocycles. The van der Waals surface area contributed by atoms with Crippen LogP contribution in [0.1, 0.15) is 39.4 Å². The van der Waals surface area contributed by atoms with E-state index in [0.29, 0.717) is 5.56 Å². The van der Waals surface area contributed by atoms with Gasteiger partial charge in [0.2, 0.25) is 0 Å². The number of aliphatic hydroxyl groups is 2. The number of esters is 2. The van der Waals surface area contributed by atoms with Crippen LogP contribution in [0.5, 0.6) is 5.75 Å². The van der Waals surface area contributed by atoms with Crippen molar-refractivity contribution in [2.24, 2.45) is 0 Å². The van der Waals surface area contributed by atoms with E-state index in [-0.39, 0.29) is 12.4 Å². The average Bonchev–Trinajstić information content (AvgIpc) is 2.59. The predicted molar refractivity (Wildman–Crippen MR) is 91.3 cm³/mol. The van der Waals surface area contributed by atoms with Gasteiger partial charge >= 0.3 is 11.9 Å². The van der Waals surface area contributed by atoms with Crippen LogP contribution in [0.25, 0.3) is 0 Å². The molecule has 0 amide bonds. The first-order valence-corrected chi connectivity index (χ1v) is 8.40. The Morgan fingerprint density at radius 2 is 1.77 bits per heavy atom. The van der Waals surface area contributed by atoms with Gasteiger partial charge in [-0.2, -0.15) is 0 Å². The standard InChI is InChI=1S/C16H20O8.C2H6/c1-8(17)22-7-12-16(23-9(2)18)14(21)13(20)15(24-12)10-4-3-5-11(19)6-10;1-2/h3-6,12-16,19-21H,7H2,1-2H3;1-2H3/t12?,13?,14?,15-,16-;/m1./s1. The average molecular weight is 370 g/mol. The molecule has 146 valence electrons. The lowest BCUT2D eigenvalue weighted by molar-refractivity contribution is -0.242. The lowest BCUT2D eigenvalue weighted by Gasteiger charge is -2.42. The van der Waals surface area contributed by atoms with Gasteiger partial charge in [-0.25, -0.2) is 0 Å². The van der Waals surface area contributed by atoms with Gasteiger partial charge in [0, 0.05) is 13.8 Å². The van der Waals surface area contributed by atoms with E-state index in [2.05, 4.69) is 0 Å². The van der Waals surface area contributed by atoms with Gasteiger partial charge in [-0.1, -0.05) is 26.0 Å². The Morgan fingerprint density at radius 3 is 2.31 bits per heavy atom. The number of carbonyl (C=O) groups is 2. The number of carbonyl (C=O) groups excluding carboxylic acids is 2. The summed E-state index contributed by atoms with van der Waals surface area (Å²) >= 11 is 0. The number of benzene rings is 1. The van der Waals surface area contributed by atoms with E-state index in [1.807, 2.05) is 13.8 Å². The van der Waals surface area contributed by atoms with Gasteiger partial charge in [-0.3, -0.25) is 9.59 Å². The third-order valence-corrected chi connectivity index (χ3v) is 3.64. The summed E-state index contributed by atoms with van der Waals surface area (Å²) in [6, 6.07) is 6.00. The van der Waals surface area contributed by atoms with E-state index in [0.717, 1.165) is 6.92 Å². The molecule has 8 nitrogen and oxygen atoms in total. The Labute approximate surface area is 152 Å². The maximum absolute atomic E-state index is 11.2. The zero-order valence-corrected chi connectivity index (χ0v) is 15.3. The first-order valence-electron chi connectivity index (χ1n) is 8.40. The van der Waals surface area contributed by atoms with Crippen LogP contribution in [0.2, 0.25) is 0 Å². The van der Waals surface area contributed by atoms with Crippen molar-refractivity contribution in [1.82, 2.24) is 0 Å². The molecule has 0 radical (unpaired) electrons. The predicted octanol–water partition coefficient (Wildman–Crippen LogP) is 1.07. The van der Waals surface area contributed by atoms with Crippen LogP contribution in [-0.2, 0) is 23.8 Å². The van der Waals surface area contributed by atoms with Gasteiger partial charge in [0.15, 0.2) is 6.10 Å². The molecule has 0 spiro atoms. The van der Waals surface area contributed by atoms with E-state index in [1.165, 1.54) is 19.1 Å². The molecular formula is C18H26O8. The van der Waals surface area contributed by atoms with Gasteiger partial charge < -0.3 is 29.5 Å². The van der Waals surface area contributed by atoms with Gasteiger partial charge in [0.25, 0.3) is 0 Å². The molecule has 2 rings (SSSR count). The summed E-state index contributed by atoms with van der Waals surface area (Å²) in [5.41, 5.74) is 0.427. The van der Waals surface area contributed by atoms with Crippen LogP contribution >= 0.6 is 0 Å². The molecule has 3 N–H and O–H groups in total. The fourth-order valence-corrected chi connectivity index (χ4v) is 2.59. The fraction of sp³-hybridized carbons (Fsp3) is 0.556. The van der Waals surface area contributed by atoms with Gasteiger partial charge in [0.1, 0.15) is 36.8 Å². The second-order valence-electron chi connectivity index (χ2n) is 5.55. The molecule has 26 heavy (non-hydrogen) atoms. The Kier molecular flexibility index (Phi) is 8.50. The lowest BCUT2D eigenvalue weighted by Crippen LogP contribution is -2.57. The Balaban J connectivity index is 0.00000163. The van der Waals surface area contributed by atoms with Crippen LogP contribution in [0.4, 0.5) is 0 Å². The molecule has 0 aromatic heterocycles. The highest BCUT2D eigenvalue weighted by molar-refractivity contribution is 5.66. The summed E-state index contributed by atoms with van der Waals surface area (Å²) < 4.78 is 15.6. The first-order chi connectivity index (χ1) is 12.3. The highest BCUT2D eigenvalue weighted by Gasteiger charge is 2.47. The smallest absolute Gasteiger partial charge is 0.303 e. The van der Waals surface area contributed by atoms with E-state index >= 15 is 0 Å². The van der Waals surface area contributed by atoms with Crippen molar-refractivity contribution >= 4 is 11.9 Å². The molecule has 1 fully saturated rings. The lowest BCUT2D eigenvalue weighted by atomic mass is 9.91. The minimum absolute atomic E-state index is 0.0311. The molecule has 0 aliphatic carbocycles. The molecule has 1 aliphatic heterocycles. The highest BCUT2D eigenvalue weighted by atomic mass is 16.6. The van der Waals surface area contributed by atoms with Crippen molar-refractivity contribution < 1.29 is 39.1 Å². The van der Waals surface area contributed by atoms with E-state index < -0.39 is 42.5 Å². The normalized spacial score (nSPS) is 27.7. The molecule has 1 aromatic rings. The van der Waals surface area contributed by atoms with E-state index in [4.69, 9.17) is 14.2 Å². The summed E-state index contributed by atoms with van der Waals surface area (Å²) in [5, 5.41) is 30.2. The minimum atomic E-state index is -1.45. The largest absolute Gasteiger partial charge is 0.508 e.